The molecular formula is C16H18O. The molecule has 0 radical (unpaired) electrons. The van der Waals surface area contributed by atoms with Gasteiger partial charge in [-0.1, -0.05) is 30.3 Å². The molecule has 0 bridgehead atoms. The number of benzene rings is 2. The summed E-state index contributed by atoms with van der Waals surface area (Å²) in [6.45, 7) is 10.3. The summed E-state index contributed by atoms with van der Waals surface area (Å²) in [5, 5.41) is 2.38. The Hall–Kier alpha value is -1.76. The minimum atomic E-state index is 0.941. The highest BCUT2D eigenvalue weighted by molar-refractivity contribution is 5.94. The predicted molar refractivity (Wildman–Crippen MR) is 74.7 cm³/mol. The van der Waals surface area contributed by atoms with Crippen molar-refractivity contribution in [3.63, 3.8) is 0 Å². The van der Waals surface area contributed by atoms with E-state index in [1.54, 1.807) is 7.11 Å². The van der Waals surface area contributed by atoms with Crippen LogP contribution in [0.5, 0.6) is 5.75 Å². The smallest absolute Gasteiger partial charge is 0.134 e. The normalized spacial score (nSPS) is 10.6. The Kier molecular flexibility index (Phi) is 2.93. The van der Waals surface area contributed by atoms with Crippen molar-refractivity contribution in [1.82, 2.24) is 0 Å². The molecule has 0 spiro atoms. The molecular weight excluding hydrogens is 208 g/mol. The highest BCUT2D eigenvalue weighted by Crippen LogP contribution is 2.36. The van der Waals surface area contributed by atoms with Crippen molar-refractivity contribution in [2.75, 3.05) is 7.11 Å². The van der Waals surface area contributed by atoms with E-state index >= 15 is 0 Å². The number of rotatable bonds is 2. The van der Waals surface area contributed by atoms with Gasteiger partial charge in [0.05, 0.1) is 7.11 Å². The maximum absolute atomic E-state index is 5.59. The van der Waals surface area contributed by atoms with E-state index in [0.717, 1.165) is 22.3 Å². The lowest BCUT2D eigenvalue weighted by atomic mass is 9.95. The lowest BCUT2D eigenvalue weighted by molar-refractivity contribution is 0.418. The summed E-state index contributed by atoms with van der Waals surface area (Å²) >= 11 is 0. The molecule has 0 aliphatic rings. The van der Waals surface area contributed by atoms with E-state index in [0.29, 0.717) is 0 Å². The Morgan fingerprint density at radius 3 is 2.47 bits per heavy atom. The number of ether oxygens (including phenoxy) is 1. The van der Waals surface area contributed by atoms with Crippen LogP contribution in [0.1, 0.15) is 23.6 Å². The molecule has 0 aliphatic heterocycles. The lowest BCUT2D eigenvalue weighted by Crippen LogP contribution is -1.95. The van der Waals surface area contributed by atoms with Gasteiger partial charge < -0.3 is 4.74 Å². The van der Waals surface area contributed by atoms with E-state index < -0.39 is 0 Å². The van der Waals surface area contributed by atoms with Gasteiger partial charge in [0.25, 0.3) is 0 Å². The van der Waals surface area contributed by atoms with E-state index in [-0.39, 0.29) is 0 Å². The molecule has 0 N–H and O–H groups in total. The van der Waals surface area contributed by atoms with Gasteiger partial charge in [-0.2, -0.15) is 0 Å². The van der Waals surface area contributed by atoms with Crippen molar-refractivity contribution >= 4 is 16.3 Å². The second-order valence-electron chi connectivity index (χ2n) is 4.61. The van der Waals surface area contributed by atoms with Crippen LogP contribution >= 0.6 is 0 Å². The van der Waals surface area contributed by atoms with Crippen LogP contribution in [0.3, 0.4) is 0 Å². The van der Waals surface area contributed by atoms with Gasteiger partial charge in [-0.05, 0) is 43.4 Å². The van der Waals surface area contributed by atoms with E-state index in [4.69, 9.17) is 4.74 Å². The van der Waals surface area contributed by atoms with Gasteiger partial charge in [0.15, 0.2) is 0 Å². The standard InChI is InChI=1S/C16H18O/c1-10(2)15-12(4)9-13-7-6-11(3)8-14(13)16(15)17-5/h6-9H,1H2,2-5H3. The summed E-state index contributed by atoms with van der Waals surface area (Å²) < 4.78 is 5.59. The average molecular weight is 226 g/mol. The van der Waals surface area contributed by atoms with E-state index in [1.165, 1.54) is 16.5 Å². The maximum Gasteiger partial charge on any atom is 0.134 e. The first-order chi connectivity index (χ1) is 8.04. The Bertz CT molecular complexity index is 594. The molecule has 88 valence electrons. The van der Waals surface area contributed by atoms with Gasteiger partial charge in [0.2, 0.25) is 0 Å². The molecule has 0 aromatic heterocycles. The van der Waals surface area contributed by atoms with Crippen LogP contribution in [0.15, 0.2) is 30.8 Å². The number of aryl methyl sites for hydroxylation is 2. The molecule has 0 saturated carbocycles. The first-order valence-electron chi connectivity index (χ1n) is 5.78. The van der Waals surface area contributed by atoms with Crippen LogP contribution in [0, 0.1) is 13.8 Å². The number of fused-ring (bicyclic) bond motifs is 1. The van der Waals surface area contributed by atoms with E-state index in [2.05, 4.69) is 44.7 Å². The van der Waals surface area contributed by atoms with Crippen LogP contribution in [0.2, 0.25) is 0 Å². The summed E-state index contributed by atoms with van der Waals surface area (Å²) in [4.78, 5) is 0. The first kappa shape index (κ1) is 11.7. The summed E-state index contributed by atoms with van der Waals surface area (Å²) in [6.07, 6.45) is 0. The molecule has 2 aromatic carbocycles. The van der Waals surface area contributed by atoms with Crippen molar-refractivity contribution in [2.45, 2.75) is 20.8 Å². The Morgan fingerprint density at radius 1 is 1.18 bits per heavy atom. The van der Waals surface area contributed by atoms with Crippen LogP contribution < -0.4 is 4.74 Å². The molecule has 2 aromatic rings. The highest BCUT2D eigenvalue weighted by Gasteiger charge is 2.12. The van der Waals surface area contributed by atoms with Crippen LogP contribution in [0.25, 0.3) is 16.3 Å². The molecule has 0 amide bonds. The Labute approximate surface area is 103 Å². The second-order valence-corrected chi connectivity index (χ2v) is 4.61. The van der Waals surface area contributed by atoms with Crippen molar-refractivity contribution < 1.29 is 4.74 Å². The van der Waals surface area contributed by atoms with Crippen LogP contribution in [-0.2, 0) is 0 Å². The number of hydrogen-bond acceptors (Lipinski definition) is 1. The summed E-state index contributed by atoms with van der Waals surface area (Å²) in [5.41, 5.74) is 4.63. The van der Waals surface area contributed by atoms with Crippen LogP contribution in [-0.4, -0.2) is 7.11 Å². The van der Waals surface area contributed by atoms with Crippen molar-refractivity contribution in [3.8, 4) is 5.75 Å². The summed E-state index contributed by atoms with van der Waals surface area (Å²) in [6, 6.07) is 8.63. The number of methoxy groups -OCH3 is 1. The van der Waals surface area contributed by atoms with E-state index in [1.807, 2.05) is 6.92 Å². The summed E-state index contributed by atoms with van der Waals surface area (Å²) in [7, 11) is 1.73. The molecule has 0 fully saturated rings. The lowest BCUT2D eigenvalue weighted by Gasteiger charge is -2.15. The third kappa shape index (κ3) is 1.93. The number of allylic oxidation sites excluding steroid dienone is 1. The largest absolute Gasteiger partial charge is 0.495 e. The molecule has 2 rings (SSSR count). The third-order valence-corrected chi connectivity index (χ3v) is 3.08. The van der Waals surface area contributed by atoms with Crippen molar-refractivity contribution in [3.05, 3.63) is 47.5 Å². The Morgan fingerprint density at radius 2 is 1.88 bits per heavy atom. The fourth-order valence-electron chi connectivity index (χ4n) is 2.35. The third-order valence-electron chi connectivity index (χ3n) is 3.08. The zero-order valence-electron chi connectivity index (χ0n) is 10.9. The van der Waals surface area contributed by atoms with Crippen molar-refractivity contribution in [1.29, 1.82) is 0 Å². The van der Waals surface area contributed by atoms with Crippen molar-refractivity contribution in [2.24, 2.45) is 0 Å². The average Bonchev–Trinajstić information content (AvgIpc) is 2.27. The fraction of sp³-hybridized carbons (Fsp3) is 0.250. The van der Waals surface area contributed by atoms with Crippen LogP contribution in [0.4, 0.5) is 0 Å². The topological polar surface area (TPSA) is 9.23 Å². The molecule has 0 heterocycles. The minimum Gasteiger partial charge on any atom is -0.495 e. The highest BCUT2D eigenvalue weighted by atomic mass is 16.5. The molecule has 0 aliphatic carbocycles. The predicted octanol–water partition coefficient (Wildman–Crippen LogP) is 4.50. The monoisotopic (exact) mass is 226 g/mol. The number of hydrogen-bond donors (Lipinski definition) is 0. The van der Waals surface area contributed by atoms with E-state index in [9.17, 15) is 0 Å². The molecule has 1 heteroatoms. The molecule has 0 unspecified atom stereocenters. The molecule has 17 heavy (non-hydrogen) atoms. The van der Waals surface area contributed by atoms with Gasteiger partial charge in [0.1, 0.15) is 5.75 Å². The zero-order chi connectivity index (χ0) is 12.6. The first-order valence-corrected chi connectivity index (χ1v) is 5.78. The molecule has 0 saturated heterocycles. The van der Waals surface area contributed by atoms with Gasteiger partial charge in [-0.25, -0.2) is 0 Å². The summed E-state index contributed by atoms with van der Waals surface area (Å²) in [5.74, 6) is 0.941. The Balaban J connectivity index is 2.92. The quantitative estimate of drug-likeness (QED) is 0.732. The molecule has 0 atom stereocenters. The maximum atomic E-state index is 5.59. The second kappa shape index (κ2) is 4.25. The SMILES string of the molecule is C=C(C)c1c(C)cc2ccc(C)cc2c1OC. The fourth-order valence-corrected chi connectivity index (χ4v) is 2.35. The van der Waals surface area contributed by atoms with Gasteiger partial charge in [-0.3, -0.25) is 0 Å². The van der Waals surface area contributed by atoms with Gasteiger partial charge >= 0.3 is 0 Å². The molecule has 1 nitrogen and oxygen atoms in total. The zero-order valence-corrected chi connectivity index (χ0v) is 10.9. The minimum absolute atomic E-state index is 0.941. The van der Waals surface area contributed by atoms with Gasteiger partial charge in [-0.15, -0.1) is 0 Å². The van der Waals surface area contributed by atoms with Gasteiger partial charge in [0, 0.05) is 10.9 Å².